The van der Waals surface area contributed by atoms with Gasteiger partial charge in [-0.2, -0.15) is 0 Å². The molecular weight excluding hydrogens is 318 g/mol. The fourth-order valence-corrected chi connectivity index (χ4v) is 2.93. The number of piperazine rings is 1. The summed E-state index contributed by atoms with van der Waals surface area (Å²) in [6.07, 6.45) is 0. The summed E-state index contributed by atoms with van der Waals surface area (Å²) in [5.41, 5.74) is 1.95. The van der Waals surface area contributed by atoms with Crippen LogP contribution in [0.5, 0.6) is 0 Å². The second kappa shape index (κ2) is 6.70. The van der Waals surface area contributed by atoms with Crippen molar-refractivity contribution in [3.63, 3.8) is 0 Å². The Morgan fingerprint density at radius 2 is 2.25 bits per heavy atom. The van der Waals surface area contributed by atoms with Crippen molar-refractivity contribution in [2.75, 3.05) is 25.0 Å². The van der Waals surface area contributed by atoms with Gasteiger partial charge in [0.2, 0.25) is 5.91 Å². The van der Waals surface area contributed by atoms with E-state index in [0.717, 1.165) is 28.8 Å². The first-order valence-electron chi connectivity index (χ1n) is 6.99. The van der Waals surface area contributed by atoms with Gasteiger partial charge in [-0.3, -0.25) is 9.69 Å². The molecule has 0 radical (unpaired) electrons. The number of amides is 1. The Bertz CT molecular complexity index is 492. The molecule has 0 spiro atoms. The monoisotopic (exact) mass is 339 g/mol. The van der Waals surface area contributed by atoms with Crippen molar-refractivity contribution in [3.8, 4) is 0 Å². The van der Waals surface area contributed by atoms with Gasteiger partial charge in [0.1, 0.15) is 0 Å². The Labute approximate surface area is 129 Å². The number of halogens is 1. The molecule has 4 nitrogen and oxygen atoms in total. The molecule has 0 aromatic heterocycles. The van der Waals surface area contributed by atoms with Gasteiger partial charge in [-0.1, -0.05) is 15.9 Å². The summed E-state index contributed by atoms with van der Waals surface area (Å²) in [5, 5.41) is 6.42. The predicted molar refractivity (Wildman–Crippen MR) is 86.0 cm³/mol. The van der Waals surface area contributed by atoms with Crippen LogP contribution in [-0.4, -0.2) is 42.5 Å². The maximum absolute atomic E-state index is 12.2. The quantitative estimate of drug-likeness (QED) is 0.888. The van der Waals surface area contributed by atoms with Crippen molar-refractivity contribution in [1.82, 2.24) is 10.2 Å². The number of hydrogen-bond acceptors (Lipinski definition) is 3. The van der Waals surface area contributed by atoms with Gasteiger partial charge in [0.05, 0.1) is 6.54 Å². The predicted octanol–water partition coefficient (Wildman–Crippen LogP) is 2.38. The molecule has 0 aliphatic carbocycles. The van der Waals surface area contributed by atoms with Crippen LogP contribution in [0, 0.1) is 6.92 Å². The molecule has 1 amide bonds. The maximum atomic E-state index is 12.2. The van der Waals surface area contributed by atoms with Crippen LogP contribution < -0.4 is 10.6 Å². The van der Waals surface area contributed by atoms with Gasteiger partial charge < -0.3 is 10.6 Å². The van der Waals surface area contributed by atoms with Crippen molar-refractivity contribution in [2.45, 2.75) is 32.9 Å². The van der Waals surface area contributed by atoms with E-state index in [-0.39, 0.29) is 5.91 Å². The van der Waals surface area contributed by atoms with Gasteiger partial charge >= 0.3 is 0 Å². The lowest BCUT2D eigenvalue weighted by Gasteiger charge is -2.36. The molecule has 1 aliphatic rings. The molecule has 2 N–H and O–H groups in total. The summed E-state index contributed by atoms with van der Waals surface area (Å²) >= 11 is 3.43. The molecule has 1 saturated heterocycles. The lowest BCUT2D eigenvalue weighted by molar-refractivity contribution is -0.118. The Morgan fingerprint density at radius 3 is 2.95 bits per heavy atom. The number of carbonyl (C=O) groups excluding carboxylic acids is 1. The summed E-state index contributed by atoms with van der Waals surface area (Å²) < 4.78 is 1.03. The Hall–Kier alpha value is -0.910. The van der Waals surface area contributed by atoms with E-state index in [1.807, 2.05) is 25.1 Å². The topological polar surface area (TPSA) is 44.4 Å². The first-order chi connectivity index (χ1) is 9.45. The first kappa shape index (κ1) is 15.5. The molecule has 5 heteroatoms. The molecule has 1 aromatic rings. The van der Waals surface area contributed by atoms with Crippen LogP contribution >= 0.6 is 15.9 Å². The third kappa shape index (κ3) is 4.04. The third-order valence-electron chi connectivity index (χ3n) is 3.70. The van der Waals surface area contributed by atoms with E-state index in [0.29, 0.717) is 18.6 Å². The lowest BCUT2D eigenvalue weighted by atomic mass is 10.1. The fourth-order valence-electron chi connectivity index (χ4n) is 2.46. The molecule has 1 aromatic carbocycles. The van der Waals surface area contributed by atoms with Crippen LogP contribution in [0.3, 0.4) is 0 Å². The summed E-state index contributed by atoms with van der Waals surface area (Å²) in [4.78, 5) is 14.4. The van der Waals surface area contributed by atoms with E-state index in [9.17, 15) is 4.79 Å². The second-order valence-corrected chi connectivity index (χ2v) is 6.51. The standard InChI is InChI=1S/C15H22BrN3O/c1-10-6-13(16)4-5-14(10)18-15(20)9-19-8-11(2)17-7-12(19)3/h4-6,11-12,17H,7-9H2,1-3H3,(H,18,20). The minimum Gasteiger partial charge on any atom is -0.325 e. The minimum atomic E-state index is 0.0522. The highest BCUT2D eigenvalue weighted by atomic mass is 79.9. The van der Waals surface area contributed by atoms with Crippen LogP contribution in [0.2, 0.25) is 0 Å². The molecule has 2 unspecified atom stereocenters. The van der Waals surface area contributed by atoms with Gasteiger partial charge in [-0.25, -0.2) is 0 Å². The average Bonchev–Trinajstić information content (AvgIpc) is 2.37. The zero-order valence-electron chi connectivity index (χ0n) is 12.2. The maximum Gasteiger partial charge on any atom is 0.238 e. The number of benzene rings is 1. The molecule has 1 aliphatic heterocycles. The number of aryl methyl sites for hydroxylation is 1. The van der Waals surface area contributed by atoms with Crippen molar-refractivity contribution in [3.05, 3.63) is 28.2 Å². The summed E-state index contributed by atoms with van der Waals surface area (Å²) in [6.45, 7) is 8.59. The number of nitrogens with one attached hydrogen (secondary N) is 2. The normalized spacial score (nSPS) is 23.6. The van der Waals surface area contributed by atoms with Gasteiger partial charge in [-0.05, 0) is 44.5 Å². The molecule has 2 rings (SSSR count). The molecule has 1 heterocycles. The van der Waals surface area contributed by atoms with Gasteiger partial charge in [0.15, 0.2) is 0 Å². The van der Waals surface area contributed by atoms with Crippen LogP contribution in [0.1, 0.15) is 19.4 Å². The van der Waals surface area contributed by atoms with Gasteiger partial charge in [0.25, 0.3) is 0 Å². The summed E-state index contributed by atoms with van der Waals surface area (Å²) in [5.74, 6) is 0.0522. The van der Waals surface area contributed by atoms with Crippen molar-refractivity contribution in [1.29, 1.82) is 0 Å². The molecule has 2 atom stereocenters. The number of hydrogen-bond donors (Lipinski definition) is 2. The summed E-state index contributed by atoms with van der Waals surface area (Å²) in [6, 6.07) is 6.71. The molecule has 20 heavy (non-hydrogen) atoms. The fraction of sp³-hybridized carbons (Fsp3) is 0.533. The van der Waals surface area contributed by atoms with E-state index in [1.165, 1.54) is 0 Å². The average molecular weight is 340 g/mol. The number of carbonyl (C=O) groups is 1. The largest absolute Gasteiger partial charge is 0.325 e. The van der Waals surface area contributed by atoms with Crippen molar-refractivity contribution >= 4 is 27.5 Å². The van der Waals surface area contributed by atoms with Gasteiger partial charge in [-0.15, -0.1) is 0 Å². The smallest absolute Gasteiger partial charge is 0.238 e. The van der Waals surface area contributed by atoms with E-state index < -0.39 is 0 Å². The zero-order chi connectivity index (χ0) is 14.7. The minimum absolute atomic E-state index is 0.0522. The second-order valence-electron chi connectivity index (χ2n) is 5.60. The Balaban J connectivity index is 1.94. The third-order valence-corrected chi connectivity index (χ3v) is 4.20. The van der Waals surface area contributed by atoms with Crippen LogP contribution in [0.25, 0.3) is 0 Å². The van der Waals surface area contributed by atoms with Crippen molar-refractivity contribution in [2.24, 2.45) is 0 Å². The molecular formula is C15H22BrN3O. The Morgan fingerprint density at radius 1 is 1.50 bits per heavy atom. The first-order valence-corrected chi connectivity index (χ1v) is 7.78. The molecule has 1 fully saturated rings. The number of nitrogens with zero attached hydrogens (tertiary/aromatic N) is 1. The SMILES string of the molecule is Cc1cc(Br)ccc1NC(=O)CN1CC(C)NCC1C. The Kier molecular flexibility index (Phi) is 5.18. The van der Waals surface area contributed by atoms with Gasteiger partial charge in [0, 0.05) is 35.3 Å². The molecule has 0 bridgehead atoms. The summed E-state index contributed by atoms with van der Waals surface area (Å²) in [7, 11) is 0. The highest BCUT2D eigenvalue weighted by molar-refractivity contribution is 9.10. The number of rotatable bonds is 3. The van der Waals surface area contributed by atoms with Crippen LogP contribution in [0.15, 0.2) is 22.7 Å². The zero-order valence-corrected chi connectivity index (χ0v) is 13.8. The number of anilines is 1. The van der Waals surface area contributed by atoms with E-state index in [1.54, 1.807) is 0 Å². The lowest BCUT2D eigenvalue weighted by Crippen LogP contribution is -2.55. The highest BCUT2D eigenvalue weighted by Crippen LogP contribution is 2.20. The van der Waals surface area contributed by atoms with E-state index in [2.05, 4.69) is 45.3 Å². The van der Waals surface area contributed by atoms with Crippen molar-refractivity contribution < 1.29 is 4.79 Å². The van der Waals surface area contributed by atoms with Crippen LogP contribution in [0.4, 0.5) is 5.69 Å². The molecule has 110 valence electrons. The van der Waals surface area contributed by atoms with Crippen LogP contribution in [-0.2, 0) is 4.79 Å². The molecule has 0 saturated carbocycles. The van der Waals surface area contributed by atoms with E-state index >= 15 is 0 Å². The highest BCUT2D eigenvalue weighted by Gasteiger charge is 2.24. The van der Waals surface area contributed by atoms with E-state index in [4.69, 9.17) is 0 Å².